The second-order valence-corrected chi connectivity index (χ2v) is 6.74. The first kappa shape index (κ1) is 16.4. The minimum atomic E-state index is 0.0674. The SMILES string of the molecule is C[C@@H]1CN(C(=O)Cc2cccnc2)C[C@H]1c1nc(-c2ccccc2)no1. The number of aromatic nitrogens is 3. The van der Waals surface area contributed by atoms with Crippen molar-refractivity contribution in [3.05, 3.63) is 66.3 Å². The van der Waals surface area contributed by atoms with Crippen LogP contribution < -0.4 is 0 Å². The van der Waals surface area contributed by atoms with Crippen LogP contribution in [0.25, 0.3) is 11.4 Å². The molecule has 1 fully saturated rings. The summed E-state index contributed by atoms with van der Waals surface area (Å²) in [5.41, 5.74) is 1.86. The molecule has 26 heavy (non-hydrogen) atoms. The molecule has 0 spiro atoms. The molecular weight excluding hydrogens is 328 g/mol. The summed E-state index contributed by atoms with van der Waals surface area (Å²) in [5, 5.41) is 4.11. The lowest BCUT2D eigenvalue weighted by atomic mass is 9.98. The Hall–Kier alpha value is -3.02. The maximum atomic E-state index is 12.6. The van der Waals surface area contributed by atoms with E-state index in [0.29, 0.717) is 31.2 Å². The first-order chi connectivity index (χ1) is 12.7. The van der Waals surface area contributed by atoms with E-state index >= 15 is 0 Å². The number of rotatable bonds is 4. The monoisotopic (exact) mass is 348 g/mol. The van der Waals surface area contributed by atoms with Gasteiger partial charge in [-0.2, -0.15) is 4.98 Å². The topological polar surface area (TPSA) is 72.1 Å². The predicted molar refractivity (Wildman–Crippen MR) is 96.2 cm³/mol. The van der Waals surface area contributed by atoms with Crippen LogP contribution in [0.2, 0.25) is 0 Å². The largest absolute Gasteiger partial charge is 0.341 e. The minimum Gasteiger partial charge on any atom is -0.341 e. The maximum Gasteiger partial charge on any atom is 0.232 e. The third-order valence-electron chi connectivity index (χ3n) is 4.83. The summed E-state index contributed by atoms with van der Waals surface area (Å²) in [6.45, 7) is 3.43. The van der Waals surface area contributed by atoms with Gasteiger partial charge in [0.15, 0.2) is 0 Å². The molecule has 2 aromatic heterocycles. The van der Waals surface area contributed by atoms with Gasteiger partial charge in [-0.15, -0.1) is 0 Å². The lowest BCUT2D eigenvalue weighted by Gasteiger charge is -2.15. The highest BCUT2D eigenvalue weighted by Crippen LogP contribution is 2.32. The fourth-order valence-corrected chi connectivity index (χ4v) is 3.37. The van der Waals surface area contributed by atoms with Crippen LogP contribution in [0, 0.1) is 5.92 Å². The zero-order chi connectivity index (χ0) is 17.9. The molecule has 1 aromatic carbocycles. The Kier molecular flexibility index (Phi) is 4.48. The zero-order valence-corrected chi connectivity index (χ0v) is 14.6. The van der Waals surface area contributed by atoms with E-state index in [4.69, 9.17) is 4.52 Å². The highest BCUT2D eigenvalue weighted by Gasteiger charge is 2.36. The van der Waals surface area contributed by atoms with Gasteiger partial charge in [0.05, 0.1) is 12.3 Å². The molecule has 2 atom stereocenters. The molecule has 0 radical (unpaired) electrons. The second-order valence-electron chi connectivity index (χ2n) is 6.74. The van der Waals surface area contributed by atoms with Crippen LogP contribution in [0.3, 0.4) is 0 Å². The van der Waals surface area contributed by atoms with Crippen LogP contribution in [-0.4, -0.2) is 39.0 Å². The van der Waals surface area contributed by atoms with Crippen LogP contribution >= 0.6 is 0 Å². The molecule has 0 N–H and O–H groups in total. The molecule has 132 valence electrons. The Balaban J connectivity index is 1.46. The molecule has 0 bridgehead atoms. The zero-order valence-electron chi connectivity index (χ0n) is 14.6. The van der Waals surface area contributed by atoms with Crippen LogP contribution in [0.5, 0.6) is 0 Å². The molecule has 0 unspecified atom stereocenters. The molecule has 6 heteroatoms. The van der Waals surface area contributed by atoms with Crippen LogP contribution in [0.4, 0.5) is 0 Å². The second kappa shape index (κ2) is 7.07. The van der Waals surface area contributed by atoms with Gasteiger partial charge in [0.25, 0.3) is 0 Å². The van der Waals surface area contributed by atoms with Crippen LogP contribution in [0.1, 0.15) is 24.3 Å². The van der Waals surface area contributed by atoms with E-state index in [0.717, 1.165) is 11.1 Å². The van der Waals surface area contributed by atoms with Gasteiger partial charge in [0.1, 0.15) is 0 Å². The Morgan fingerprint density at radius 2 is 2.04 bits per heavy atom. The van der Waals surface area contributed by atoms with Gasteiger partial charge in [-0.05, 0) is 17.5 Å². The number of carbonyl (C=O) groups excluding carboxylic acids is 1. The predicted octanol–water partition coefficient (Wildman–Crippen LogP) is 2.94. The van der Waals surface area contributed by atoms with Crippen molar-refractivity contribution in [3.63, 3.8) is 0 Å². The molecule has 1 aliphatic rings. The highest BCUT2D eigenvalue weighted by molar-refractivity contribution is 5.79. The van der Waals surface area contributed by atoms with Crippen LogP contribution in [0.15, 0.2) is 59.4 Å². The molecular formula is C20H20N4O2. The molecule has 3 aromatic rings. The number of carbonyl (C=O) groups is 1. The number of hydrogen-bond donors (Lipinski definition) is 0. The molecule has 4 rings (SSSR count). The van der Waals surface area contributed by atoms with Crippen molar-refractivity contribution in [2.45, 2.75) is 19.3 Å². The summed E-state index contributed by atoms with van der Waals surface area (Å²) in [7, 11) is 0. The van der Waals surface area contributed by atoms with Crippen molar-refractivity contribution in [3.8, 4) is 11.4 Å². The lowest BCUT2D eigenvalue weighted by Crippen LogP contribution is -2.30. The molecule has 0 saturated carbocycles. The quantitative estimate of drug-likeness (QED) is 0.725. The maximum absolute atomic E-state index is 12.6. The van der Waals surface area contributed by atoms with Gasteiger partial charge in [-0.3, -0.25) is 9.78 Å². The first-order valence-corrected chi connectivity index (χ1v) is 8.76. The number of nitrogens with zero attached hydrogens (tertiary/aromatic N) is 4. The van der Waals surface area contributed by atoms with E-state index in [9.17, 15) is 4.79 Å². The van der Waals surface area contributed by atoms with Crippen LogP contribution in [-0.2, 0) is 11.2 Å². The number of benzene rings is 1. The van der Waals surface area contributed by atoms with Crippen molar-refractivity contribution in [1.82, 2.24) is 20.0 Å². The molecule has 6 nitrogen and oxygen atoms in total. The number of likely N-dealkylation sites (tertiary alicyclic amines) is 1. The number of pyridine rings is 1. The first-order valence-electron chi connectivity index (χ1n) is 8.76. The minimum absolute atomic E-state index is 0.0674. The van der Waals surface area contributed by atoms with Gasteiger partial charge in [-0.25, -0.2) is 0 Å². The third kappa shape index (κ3) is 3.35. The Bertz CT molecular complexity index is 879. The standard InChI is InChI=1S/C20H20N4O2/c1-14-12-24(18(25)10-15-6-5-9-21-11-15)13-17(14)20-22-19(23-26-20)16-7-3-2-4-8-16/h2-9,11,14,17H,10,12-13H2,1H3/t14-,17-/m1/s1. The average Bonchev–Trinajstić information content (AvgIpc) is 3.30. The third-order valence-corrected chi connectivity index (χ3v) is 4.83. The Morgan fingerprint density at radius 1 is 1.19 bits per heavy atom. The summed E-state index contributed by atoms with van der Waals surface area (Å²) in [6, 6.07) is 13.5. The Morgan fingerprint density at radius 3 is 2.81 bits per heavy atom. The fourth-order valence-electron chi connectivity index (χ4n) is 3.37. The van der Waals surface area contributed by atoms with Crippen molar-refractivity contribution in [2.24, 2.45) is 5.92 Å². The van der Waals surface area contributed by atoms with E-state index in [2.05, 4.69) is 22.0 Å². The molecule has 1 amide bonds. The molecule has 0 aliphatic carbocycles. The van der Waals surface area contributed by atoms with Gasteiger partial charge < -0.3 is 9.42 Å². The molecule has 3 heterocycles. The summed E-state index contributed by atoms with van der Waals surface area (Å²) in [6.07, 6.45) is 3.81. The molecule has 1 saturated heterocycles. The molecule has 1 aliphatic heterocycles. The van der Waals surface area contributed by atoms with E-state index in [-0.39, 0.29) is 17.7 Å². The van der Waals surface area contributed by atoms with E-state index in [1.54, 1.807) is 12.4 Å². The summed E-state index contributed by atoms with van der Waals surface area (Å²) in [5.74, 6) is 1.64. The summed E-state index contributed by atoms with van der Waals surface area (Å²) >= 11 is 0. The number of amides is 1. The van der Waals surface area contributed by atoms with Crippen molar-refractivity contribution >= 4 is 5.91 Å². The van der Waals surface area contributed by atoms with Crippen molar-refractivity contribution in [2.75, 3.05) is 13.1 Å². The van der Waals surface area contributed by atoms with E-state index in [1.165, 1.54) is 0 Å². The Labute approximate surface area is 151 Å². The fraction of sp³-hybridized carbons (Fsp3) is 0.300. The normalized spacial score (nSPS) is 19.7. The van der Waals surface area contributed by atoms with E-state index in [1.807, 2.05) is 47.4 Å². The van der Waals surface area contributed by atoms with Crippen molar-refractivity contribution < 1.29 is 9.32 Å². The highest BCUT2D eigenvalue weighted by atomic mass is 16.5. The van der Waals surface area contributed by atoms with Gasteiger partial charge in [-0.1, -0.05) is 48.5 Å². The summed E-state index contributed by atoms with van der Waals surface area (Å²) < 4.78 is 5.51. The van der Waals surface area contributed by atoms with Crippen molar-refractivity contribution in [1.29, 1.82) is 0 Å². The van der Waals surface area contributed by atoms with Gasteiger partial charge >= 0.3 is 0 Å². The number of hydrogen-bond acceptors (Lipinski definition) is 5. The lowest BCUT2D eigenvalue weighted by molar-refractivity contribution is -0.129. The summed E-state index contributed by atoms with van der Waals surface area (Å²) in [4.78, 5) is 23.1. The van der Waals surface area contributed by atoms with Gasteiger partial charge in [0, 0.05) is 31.0 Å². The smallest absolute Gasteiger partial charge is 0.232 e. The van der Waals surface area contributed by atoms with Gasteiger partial charge in [0.2, 0.25) is 17.6 Å². The average molecular weight is 348 g/mol. The van der Waals surface area contributed by atoms with E-state index < -0.39 is 0 Å².